The van der Waals surface area contributed by atoms with Gasteiger partial charge in [-0.15, -0.1) is 0 Å². The third-order valence-electron chi connectivity index (χ3n) is 3.26. The Bertz CT molecular complexity index is 535. The summed E-state index contributed by atoms with van der Waals surface area (Å²) in [6.07, 6.45) is 4.47. The SMILES string of the molecule is Cc1ccnc(N(Cc2ccsc2)C2CC2)c1Br. The third-order valence-corrected chi connectivity index (χ3v) is 4.97. The molecule has 0 spiro atoms. The fourth-order valence-corrected chi connectivity index (χ4v) is 3.19. The van der Waals surface area contributed by atoms with Crippen LogP contribution in [0, 0.1) is 6.92 Å². The van der Waals surface area contributed by atoms with Crippen molar-refractivity contribution in [2.24, 2.45) is 0 Å². The van der Waals surface area contributed by atoms with Crippen LogP contribution in [-0.4, -0.2) is 11.0 Å². The van der Waals surface area contributed by atoms with Crippen LogP contribution in [-0.2, 0) is 6.54 Å². The molecule has 0 aromatic carbocycles. The van der Waals surface area contributed by atoms with E-state index in [-0.39, 0.29) is 0 Å². The highest BCUT2D eigenvalue weighted by Gasteiger charge is 2.31. The minimum atomic E-state index is 0.662. The van der Waals surface area contributed by atoms with Gasteiger partial charge >= 0.3 is 0 Å². The first-order valence-electron chi connectivity index (χ1n) is 6.14. The van der Waals surface area contributed by atoms with Crippen molar-refractivity contribution in [2.75, 3.05) is 4.90 Å². The molecule has 1 aliphatic carbocycles. The summed E-state index contributed by atoms with van der Waals surface area (Å²) in [6.45, 7) is 3.08. The number of thiophene rings is 1. The highest BCUT2D eigenvalue weighted by atomic mass is 79.9. The van der Waals surface area contributed by atoms with Gasteiger partial charge in [-0.3, -0.25) is 0 Å². The van der Waals surface area contributed by atoms with Crippen molar-refractivity contribution < 1.29 is 0 Å². The molecule has 4 heteroatoms. The standard InChI is InChI=1S/C14H15BrN2S/c1-10-4-6-16-14(13(10)15)17(12-2-3-12)8-11-5-7-18-9-11/h4-7,9,12H,2-3,8H2,1H3. The molecule has 0 atom stereocenters. The summed E-state index contributed by atoms with van der Waals surface area (Å²) in [7, 11) is 0. The van der Waals surface area contributed by atoms with Crippen LogP contribution >= 0.6 is 27.3 Å². The number of rotatable bonds is 4. The molecule has 94 valence electrons. The Morgan fingerprint density at radius 2 is 2.28 bits per heavy atom. The Morgan fingerprint density at radius 1 is 1.44 bits per heavy atom. The molecule has 0 saturated heterocycles. The van der Waals surface area contributed by atoms with Crippen molar-refractivity contribution >= 4 is 33.1 Å². The molecule has 1 aliphatic rings. The van der Waals surface area contributed by atoms with Gasteiger partial charge in [-0.2, -0.15) is 11.3 Å². The van der Waals surface area contributed by atoms with E-state index < -0.39 is 0 Å². The zero-order chi connectivity index (χ0) is 12.5. The maximum Gasteiger partial charge on any atom is 0.143 e. The first-order chi connectivity index (χ1) is 8.75. The molecule has 0 radical (unpaired) electrons. The molecule has 3 rings (SSSR count). The van der Waals surface area contributed by atoms with Gasteiger partial charge in [0.15, 0.2) is 0 Å². The van der Waals surface area contributed by atoms with Gasteiger partial charge in [0, 0.05) is 18.8 Å². The molecule has 2 nitrogen and oxygen atoms in total. The van der Waals surface area contributed by atoms with E-state index in [4.69, 9.17) is 0 Å². The summed E-state index contributed by atoms with van der Waals surface area (Å²) >= 11 is 5.44. The number of nitrogens with zero attached hydrogens (tertiary/aromatic N) is 2. The number of aryl methyl sites for hydroxylation is 1. The van der Waals surface area contributed by atoms with E-state index in [9.17, 15) is 0 Å². The number of hydrogen-bond acceptors (Lipinski definition) is 3. The lowest BCUT2D eigenvalue weighted by Crippen LogP contribution is -2.26. The summed E-state index contributed by atoms with van der Waals surface area (Å²) in [6, 6.07) is 4.91. The Balaban J connectivity index is 1.91. The predicted molar refractivity (Wildman–Crippen MR) is 80.2 cm³/mol. The van der Waals surface area contributed by atoms with E-state index in [1.165, 1.54) is 24.0 Å². The van der Waals surface area contributed by atoms with Gasteiger partial charge in [-0.25, -0.2) is 4.98 Å². The maximum absolute atomic E-state index is 4.56. The second-order valence-corrected chi connectivity index (χ2v) is 6.33. The molecule has 1 fully saturated rings. The Labute approximate surface area is 120 Å². The molecular formula is C14H15BrN2S. The van der Waals surface area contributed by atoms with Gasteiger partial charge in [0.2, 0.25) is 0 Å². The van der Waals surface area contributed by atoms with Crippen molar-refractivity contribution in [1.29, 1.82) is 0 Å². The number of pyridine rings is 1. The van der Waals surface area contributed by atoms with Crippen LogP contribution in [0.15, 0.2) is 33.6 Å². The van der Waals surface area contributed by atoms with Crippen molar-refractivity contribution in [3.8, 4) is 0 Å². The second kappa shape index (κ2) is 5.02. The van der Waals surface area contributed by atoms with Crippen LogP contribution in [0.5, 0.6) is 0 Å². The molecule has 2 aromatic heterocycles. The topological polar surface area (TPSA) is 16.1 Å². The molecule has 0 N–H and O–H groups in total. The summed E-state index contributed by atoms with van der Waals surface area (Å²) in [4.78, 5) is 6.99. The van der Waals surface area contributed by atoms with E-state index in [0.717, 1.165) is 16.8 Å². The normalized spacial score (nSPS) is 14.8. The van der Waals surface area contributed by atoms with Gasteiger partial charge in [0.05, 0.1) is 4.47 Å². The minimum absolute atomic E-state index is 0.662. The first-order valence-corrected chi connectivity index (χ1v) is 7.88. The molecule has 0 bridgehead atoms. The fourth-order valence-electron chi connectivity index (χ4n) is 2.07. The van der Waals surface area contributed by atoms with Gasteiger partial charge in [0.1, 0.15) is 5.82 Å². The van der Waals surface area contributed by atoms with Crippen LogP contribution in [0.25, 0.3) is 0 Å². The number of hydrogen-bond donors (Lipinski definition) is 0. The number of anilines is 1. The minimum Gasteiger partial charge on any atom is -0.348 e. The van der Waals surface area contributed by atoms with E-state index in [0.29, 0.717) is 6.04 Å². The summed E-state index contributed by atoms with van der Waals surface area (Å²) in [5, 5.41) is 4.36. The van der Waals surface area contributed by atoms with Crippen LogP contribution in [0.4, 0.5) is 5.82 Å². The average molecular weight is 323 g/mol. The van der Waals surface area contributed by atoms with E-state index in [2.05, 4.69) is 49.6 Å². The summed E-state index contributed by atoms with van der Waals surface area (Å²) in [5.41, 5.74) is 2.62. The average Bonchev–Trinajstić information content (AvgIpc) is 3.08. The highest BCUT2D eigenvalue weighted by molar-refractivity contribution is 9.10. The van der Waals surface area contributed by atoms with E-state index in [1.54, 1.807) is 11.3 Å². The molecule has 18 heavy (non-hydrogen) atoms. The summed E-state index contributed by atoms with van der Waals surface area (Å²) in [5.74, 6) is 1.09. The van der Waals surface area contributed by atoms with Gasteiger partial charge < -0.3 is 4.90 Å². The monoisotopic (exact) mass is 322 g/mol. The third kappa shape index (κ3) is 2.45. The van der Waals surface area contributed by atoms with Crippen molar-refractivity contribution in [1.82, 2.24) is 4.98 Å². The molecule has 0 aliphatic heterocycles. The van der Waals surface area contributed by atoms with Gasteiger partial charge in [-0.05, 0) is 69.7 Å². The van der Waals surface area contributed by atoms with Crippen molar-refractivity contribution in [3.05, 3.63) is 44.7 Å². The predicted octanol–water partition coefficient (Wildman–Crippen LogP) is 4.38. The molecule has 1 saturated carbocycles. The van der Waals surface area contributed by atoms with Crippen molar-refractivity contribution in [3.63, 3.8) is 0 Å². The van der Waals surface area contributed by atoms with Crippen LogP contribution in [0.3, 0.4) is 0 Å². The lowest BCUT2D eigenvalue weighted by atomic mass is 10.2. The van der Waals surface area contributed by atoms with Gasteiger partial charge in [-0.1, -0.05) is 0 Å². The Hall–Kier alpha value is -0.870. The molecular weight excluding hydrogens is 308 g/mol. The molecule has 0 unspecified atom stereocenters. The maximum atomic E-state index is 4.56. The Kier molecular flexibility index (Phi) is 3.39. The molecule has 0 amide bonds. The van der Waals surface area contributed by atoms with Crippen LogP contribution < -0.4 is 4.90 Å². The quantitative estimate of drug-likeness (QED) is 0.830. The van der Waals surface area contributed by atoms with Crippen LogP contribution in [0.1, 0.15) is 24.0 Å². The van der Waals surface area contributed by atoms with Crippen molar-refractivity contribution in [2.45, 2.75) is 32.4 Å². The number of aromatic nitrogens is 1. The molecule has 2 heterocycles. The fraction of sp³-hybridized carbons (Fsp3) is 0.357. The number of halogens is 1. The van der Waals surface area contributed by atoms with Gasteiger partial charge in [0.25, 0.3) is 0 Å². The zero-order valence-corrected chi connectivity index (χ0v) is 12.7. The second-order valence-electron chi connectivity index (χ2n) is 4.76. The smallest absolute Gasteiger partial charge is 0.143 e. The van der Waals surface area contributed by atoms with E-state index >= 15 is 0 Å². The van der Waals surface area contributed by atoms with Crippen LogP contribution in [0.2, 0.25) is 0 Å². The first kappa shape index (κ1) is 12.2. The Morgan fingerprint density at radius 3 is 2.94 bits per heavy atom. The summed E-state index contributed by atoms with van der Waals surface area (Å²) < 4.78 is 1.13. The largest absolute Gasteiger partial charge is 0.348 e. The zero-order valence-electron chi connectivity index (χ0n) is 10.3. The lowest BCUT2D eigenvalue weighted by molar-refractivity contribution is 0.776. The highest BCUT2D eigenvalue weighted by Crippen LogP contribution is 2.36. The molecule has 2 aromatic rings. The lowest BCUT2D eigenvalue weighted by Gasteiger charge is -2.24. The van der Waals surface area contributed by atoms with E-state index in [1.807, 2.05) is 12.3 Å².